The molecular weight excluding hydrogens is 272 g/mol. The van der Waals surface area contributed by atoms with Gasteiger partial charge in [-0.3, -0.25) is 0 Å². The summed E-state index contributed by atoms with van der Waals surface area (Å²) in [6.45, 7) is 4.61. The highest BCUT2D eigenvalue weighted by Crippen LogP contribution is 2.20. The zero-order chi connectivity index (χ0) is 14.8. The molecule has 2 aromatic carbocycles. The second kappa shape index (κ2) is 5.64. The van der Waals surface area contributed by atoms with Crippen molar-refractivity contribution >= 4 is 15.7 Å². The van der Waals surface area contributed by atoms with Gasteiger partial charge in [0, 0.05) is 12.2 Å². The first-order valence-corrected chi connectivity index (χ1v) is 7.84. The lowest BCUT2D eigenvalue weighted by Crippen LogP contribution is -2.13. The van der Waals surface area contributed by atoms with Gasteiger partial charge in [-0.2, -0.15) is 0 Å². The molecule has 0 radical (unpaired) electrons. The van der Waals surface area contributed by atoms with Crippen molar-refractivity contribution in [2.75, 3.05) is 5.32 Å². The van der Waals surface area contributed by atoms with Crippen molar-refractivity contribution in [1.82, 2.24) is 0 Å². The molecule has 0 aromatic heterocycles. The zero-order valence-electron chi connectivity index (χ0n) is 11.6. The predicted octanol–water partition coefficient (Wildman–Crippen LogP) is 2.56. The van der Waals surface area contributed by atoms with E-state index in [4.69, 9.17) is 5.14 Å². The maximum absolute atomic E-state index is 11.4. The summed E-state index contributed by atoms with van der Waals surface area (Å²) < 4.78 is 22.7. The largest absolute Gasteiger partial charge is 0.381 e. The van der Waals surface area contributed by atoms with E-state index in [1.807, 2.05) is 38.1 Å². The molecule has 5 heteroatoms. The average molecular weight is 290 g/mol. The molecule has 0 saturated heterocycles. The highest BCUT2D eigenvalue weighted by Gasteiger charge is 2.10. The van der Waals surface area contributed by atoms with Gasteiger partial charge in [-0.15, -0.1) is 0 Å². The number of nitrogens with two attached hydrogens (primary N) is 1. The van der Waals surface area contributed by atoms with Crippen LogP contribution in [0.1, 0.15) is 16.7 Å². The Kier molecular flexibility index (Phi) is 4.11. The Bertz CT molecular complexity index is 724. The van der Waals surface area contributed by atoms with Crippen LogP contribution in [0.2, 0.25) is 0 Å². The van der Waals surface area contributed by atoms with Crippen LogP contribution in [-0.4, -0.2) is 8.42 Å². The van der Waals surface area contributed by atoms with Gasteiger partial charge in [0.2, 0.25) is 10.0 Å². The molecule has 0 heterocycles. The van der Waals surface area contributed by atoms with Gasteiger partial charge in [-0.25, -0.2) is 13.6 Å². The highest BCUT2D eigenvalue weighted by molar-refractivity contribution is 7.89. The number of primary sulfonamides is 1. The van der Waals surface area contributed by atoms with Crippen LogP contribution in [0.15, 0.2) is 47.4 Å². The first kappa shape index (κ1) is 14.6. The fraction of sp³-hybridized carbons (Fsp3) is 0.200. The predicted molar refractivity (Wildman–Crippen MR) is 81.1 cm³/mol. The summed E-state index contributed by atoms with van der Waals surface area (Å²) in [4.78, 5) is 0.121. The van der Waals surface area contributed by atoms with Gasteiger partial charge in [0.25, 0.3) is 0 Å². The SMILES string of the molecule is Cc1ccccc1CNc1cc(S(N)(=O)=O)ccc1C. The van der Waals surface area contributed by atoms with E-state index in [9.17, 15) is 8.42 Å². The Morgan fingerprint density at radius 1 is 1.05 bits per heavy atom. The molecule has 0 bridgehead atoms. The first-order chi connectivity index (χ1) is 9.38. The van der Waals surface area contributed by atoms with Crippen LogP contribution in [0.4, 0.5) is 5.69 Å². The maximum Gasteiger partial charge on any atom is 0.238 e. The third kappa shape index (κ3) is 3.37. The minimum atomic E-state index is -3.67. The van der Waals surface area contributed by atoms with Crippen molar-refractivity contribution in [3.8, 4) is 0 Å². The van der Waals surface area contributed by atoms with Crippen LogP contribution in [0.3, 0.4) is 0 Å². The van der Waals surface area contributed by atoms with Gasteiger partial charge in [0.15, 0.2) is 0 Å². The third-order valence-corrected chi connectivity index (χ3v) is 4.18. The summed E-state index contributed by atoms with van der Waals surface area (Å²) in [5, 5.41) is 8.41. The first-order valence-electron chi connectivity index (χ1n) is 6.30. The van der Waals surface area contributed by atoms with Crippen LogP contribution in [-0.2, 0) is 16.6 Å². The third-order valence-electron chi connectivity index (χ3n) is 3.27. The number of hydrogen-bond donors (Lipinski definition) is 2. The summed E-state index contributed by atoms with van der Waals surface area (Å²) in [5.41, 5.74) is 4.12. The molecule has 0 saturated carbocycles. The normalized spacial score (nSPS) is 11.3. The number of anilines is 1. The number of rotatable bonds is 4. The Morgan fingerprint density at radius 2 is 1.75 bits per heavy atom. The molecule has 0 unspecified atom stereocenters. The van der Waals surface area contributed by atoms with Crippen molar-refractivity contribution in [3.05, 3.63) is 59.2 Å². The molecule has 0 aliphatic carbocycles. The van der Waals surface area contributed by atoms with Gasteiger partial charge < -0.3 is 5.32 Å². The summed E-state index contributed by atoms with van der Waals surface area (Å²) in [5.74, 6) is 0. The second-order valence-corrected chi connectivity index (χ2v) is 6.36. The van der Waals surface area contributed by atoms with E-state index in [-0.39, 0.29) is 4.90 Å². The lowest BCUT2D eigenvalue weighted by Gasteiger charge is -2.12. The van der Waals surface area contributed by atoms with Crippen molar-refractivity contribution in [1.29, 1.82) is 0 Å². The average Bonchev–Trinajstić information content (AvgIpc) is 2.38. The number of nitrogens with one attached hydrogen (secondary N) is 1. The summed E-state index contributed by atoms with van der Waals surface area (Å²) in [6, 6.07) is 12.9. The van der Waals surface area contributed by atoms with Crippen molar-refractivity contribution < 1.29 is 8.42 Å². The number of sulfonamides is 1. The summed E-state index contributed by atoms with van der Waals surface area (Å²) in [6.07, 6.45) is 0. The lowest BCUT2D eigenvalue weighted by atomic mass is 10.1. The molecule has 0 aliphatic rings. The fourth-order valence-electron chi connectivity index (χ4n) is 1.97. The molecule has 0 fully saturated rings. The van der Waals surface area contributed by atoms with E-state index in [1.54, 1.807) is 12.1 Å². The Hall–Kier alpha value is -1.85. The molecule has 4 nitrogen and oxygen atoms in total. The molecule has 0 amide bonds. The van der Waals surface area contributed by atoms with Crippen LogP contribution in [0, 0.1) is 13.8 Å². The second-order valence-electron chi connectivity index (χ2n) is 4.80. The summed E-state index contributed by atoms with van der Waals surface area (Å²) in [7, 11) is -3.67. The minimum absolute atomic E-state index is 0.121. The monoisotopic (exact) mass is 290 g/mol. The Morgan fingerprint density at radius 3 is 2.40 bits per heavy atom. The van der Waals surface area contributed by atoms with Crippen LogP contribution >= 0.6 is 0 Å². The molecule has 0 atom stereocenters. The molecule has 0 spiro atoms. The lowest BCUT2D eigenvalue weighted by molar-refractivity contribution is 0.598. The molecule has 0 aliphatic heterocycles. The van der Waals surface area contributed by atoms with Gasteiger partial charge >= 0.3 is 0 Å². The summed E-state index contributed by atoms with van der Waals surface area (Å²) >= 11 is 0. The van der Waals surface area contributed by atoms with E-state index in [0.29, 0.717) is 6.54 Å². The molecular formula is C15H18N2O2S. The Balaban J connectivity index is 2.24. The van der Waals surface area contributed by atoms with Crippen LogP contribution in [0.5, 0.6) is 0 Å². The van der Waals surface area contributed by atoms with Crippen molar-refractivity contribution in [2.24, 2.45) is 5.14 Å². The fourth-order valence-corrected chi connectivity index (χ4v) is 2.51. The van der Waals surface area contributed by atoms with Crippen molar-refractivity contribution in [3.63, 3.8) is 0 Å². The van der Waals surface area contributed by atoms with Gasteiger partial charge in [-0.05, 0) is 42.7 Å². The van der Waals surface area contributed by atoms with E-state index in [0.717, 1.165) is 11.3 Å². The van der Waals surface area contributed by atoms with Gasteiger partial charge in [-0.1, -0.05) is 30.3 Å². The van der Waals surface area contributed by atoms with Crippen LogP contribution < -0.4 is 10.5 Å². The smallest absolute Gasteiger partial charge is 0.238 e. The van der Waals surface area contributed by atoms with Gasteiger partial charge in [0.1, 0.15) is 0 Å². The van der Waals surface area contributed by atoms with Gasteiger partial charge in [0.05, 0.1) is 4.90 Å². The van der Waals surface area contributed by atoms with Crippen LogP contribution in [0.25, 0.3) is 0 Å². The topological polar surface area (TPSA) is 72.2 Å². The van der Waals surface area contributed by atoms with E-state index < -0.39 is 10.0 Å². The molecule has 106 valence electrons. The van der Waals surface area contributed by atoms with E-state index in [1.165, 1.54) is 17.2 Å². The maximum atomic E-state index is 11.4. The van der Waals surface area contributed by atoms with Crippen molar-refractivity contribution in [2.45, 2.75) is 25.3 Å². The van der Waals surface area contributed by atoms with E-state index in [2.05, 4.69) is 5.32 Å². The molecule has 2 aromatic rings. The highest BCUT2D eigenvalue weighted by atomic mass is 32.2. The number of aryl methyl sites for hydroxylation is 2. The van der Waals surface area contributed by atoms with E-state index >= 15 is 0 Å². The Labute approximate surface area is 119 Å². The standard InChI is InChI=1S/C15H18N2O2S/c1-11-5-3-4-6-13(11)10-17-15-9-14(20(16,18)19)8-7-12(15)2/h3-9,17H,10H2,1-2H3,(H2,16,18,19). The molecule has 2 rings (SSSR count). The zero-order valence-corrected chi connectivity index (χ0v) is 12.4. The quantitative estimate of drug-likeness (QED) is 0.909. The number of benzene rings is 2. The number of hydrogen-bond acceptors (Lipinski definition) is 3. The molecule has 3 N–H and O–H groups in total. The molecule has 20 heavy (non-hydrogen) atoms. The minimum Gasteiger partial charge on any atom is -0.381 e.